The maximum absolute atomic E-state index is 11.5. The average Bonchev–Trinajstić information content (AvgIpc) is 2.24. The molecule has 0 amide bonds. The largest absolute Gasteiger partial charge is 0.298 e. The number of halogens is 1. The molecular weight excluding hydrogens is 220 g/mol. The summed E-state index contributed by atoms with van der Waals surface area (Å²) in [6.45, 7) is 4.38. The van der Waals surface area contributed by atoms with Crippen LogP contribution in [0.3, 0.4) is 0 Å². The SMILES string of the molecule is Cc1ccccc1C1(C)CC(C(=O)CCl)C1. The van der Waals surface area contributed by atoms with Gasteiger partial charge in [0.1, 0.15) is 0 Å². The van der Waals surface area contributed by atoms with Gasteiger partial charge in [0.25, 0.3) is 0 Å². The maximum Gasteiger partial charge on any atom is 0.150 e. The predicted octanol–water partition coefficient (Wildman–Crippen LogP) is 3.47. The van der Waals surface area contributed by atoms with Gasteiger partial charge in [0.2, 0.25) is 0 Å². The van der Waals surface area contributed by atoms with Crippen LogP contribution in [0.15, 0.2) is 24.3 Å². The highest BCUT2D eigenvalue weighted by Crippen LogP contribution is 2.48. The summed E-state index contributed by atoms with van der Waals surface area (Å²) in [5.41, 5.74) is 2.88. The van der Waals surface area contributed by atoms with Crippen molar-refractivity contribution in [3.05, 3.63) is 35.4 Å². The van der Waals surface area contributed by atoms with Crippen molar-refractivity contribution in [3.63, 3.8) is 0 Å². The van der Waals surface area contributed by atoms with E-state index in [1.54, 1.807) is 0 Å². The van der Waals surface area contributed by atoms with E-state index in [9.17, 15) is 4.79 Å². The third-order valence-electron chi connectivity index (χ3n) is 3.78. The second-order valence-corrected chi connectivity index (χ2v) is 5.35. The number of hydrogen-bond acceptors (Lipinski definition) is 1. The average molecular weight is 237 g/mol. The van der Waals surface area contributed by atoms with Crippen molar-refractivity contribution in [2.75, 3.05) is 5.88 Å². The molecule has 16 heavy (non-hydrogen) atoms. The minimum absolute atomic E-state index is 0.161. The first-order valence-corrected chi connectivity index (χ1v) is 6.25. The van der Waals surface area contributed by atoms with Gasteiger partial charge in [-0.25, -0.2) is 0 Å². The van der Waals surface area contributed by atoms with Gasteiger partial charge < -0.3 is 0 Å². The lowest BCUT2D eigenvalue weighted by Gasteiger charge is -2.45. The normalized spacial score (nSPS) is 28.6. The molecule has 0 saturated heterocycles. The van der Waals surface area contributed by atoms with Gasteiger partial charge in [-0.2, -0.15) is 0 Å². The summed E-state index contributed by atoms with van der Waals surface area (Å²) in [6, 6.07) is 8.44. The highest BCUT2D eigenvalue weighted by atomic mass is 35.5. The van der Waals surface area contributed by atoms with Crippen molar-refractivity contribution < 1.29 is 4.79 Å². The molecule has 0 aliphatic heterocycles. The van der Waals surface area contributed by atoms with Crippen LogP contribution >= 0.6 is 11.6 Å². The predicted molar refractivity (Wildman–Crippen MR) is 67.0 cm³/mol. The fourth-order valence-corrected chi connectivity index (χ4v) is 3.05. The molecule has 1 saturated carbocycles. The number of Topliss-reactive ketones (excluding diaryl/α,β-unsaturated/α-hetero) is 1. The number of alkyl halides is 1. The van der Waals surface area contributed by atoms with Crippen LogP contribution < -0.4 is 0 Å². The summed E-state index contributed by atoms with van der Waals surface area (Å²) >= 11 is 5.58. The molecule has 1 aliphatic rings. The molecule has 0 bridgehead atoms. The number of carbonyl (C=O) groups excluding carboxylic acids is 1. The molecule has 0 heterocycles. The van der Waals surface area contributed by atoms with E-state index >= 15 is 0 Å². The summed E-state index contributed by atoms with van der Waals surface area (Å²) in [5, 5.41) is 0. The molecule has 1 aromatic carbocycles. The zero-order valence-electron chi connectivity index (χ0n) is 9.79. The molecule has 0 atom stereocenters. The molecule has 0 aromatic heterocycles. The van der Waals surface area contributed by atoms with Gasteiger partial charge in [0.15, 0.2) is 5.78 Å². The number of rotatable bonds is 3. The first-order valence-electron chi connectivity index (χ1n) is 5.71. The Hall–Kier alpha value is -0.820. The van der Waals surface area contributed by atoms with Crippen LogP contribution in [0.5, 0.6) is 0 Å². The number of benzene rings is 1. The van der Waals surface area contributed by atoms with Crippen molar-refractivity contribution in [3.8, 4) is 0 Å². The van der Waals surface area contributed by atoms with Crippen molar-refractivity contribution in [1.29, 1.82) is 0 Å². The van der Waals surface area contributed by atoms with E-state index in [-0.39, 0.29) is 23.0 Å². The Kier molecular flexibility index (Phi) is 3.07. The molecule has 1 nitrogen and oxygen atoms in total. The zero-order valence-corrected chi connectivity index (χ0v) is 10.6. The quantitative estimate of drug-likeness (QED) is 0.735. The Bertz CT molecular complexity index is 405. The van der Waals surface area contributed by atoms with Crippen molar-refractivity contribution in [2.24, 2.45) is 5.92 Å². The minimum Gasteiger partial charge on any atom is -0.298 e. The summed E-state index contributed by atoms with van der Waals surface area (Å²) in [5.74, 6) is 0.545. The van der Waals surface area contributed by atoms with Crippen LogP contribution in [0.1, 0.15) is 30.9 Å². The first kappa shape index (κ1) is 11.7. The van der Waals surface area contributed by atoms with Crippen LogP contribution in [-0.2, 0) is 10.2 Å². The Labute approximate surface area is 102 Å². The number of ketones is 1. The Morgan fingerprint density at radius 3 is 2.62 bits per heavy atom. The van der Waals surface area contributed by atoms with E-state index in [1.807, 2.05) is 0 Å². The highest BCUT2D eigenvalue weighted by Gasteiger charge is 2.44. The van der Waals surface area contributed by atoms with Gasteiger partial charge >= 0.3 is 0 Å². The summed E-state index contributed by atoms with van der Waals surface area (Å²) in [4.78, 5) is 11.5. The summed E-state index contributed by atoms with van der Waals surface area (Å²) < 4.78 is 0. The van der Waals surface area contributed by atoms with Crippen LogP contribution in [-0.4, -0.2) is 11.7 Å². The maximum atomic E-state index is 11.5. The molecule has 0 N–H and O–H groups in total. The number of hydrogen-bond donors (Lipinski definition) is 0. The Morgan fingerprint density at radius 2 is 2.06 bits per heavy atom. The lowest BCUT2D eigenvalue weighted by Crippen LogP contribution is -2.43. The van der Waals surface area contributed by atoms with Gasteiger partial charge in [-0.3, -0.25) is 4.79 Å². The molecule has 2 heteroatoms. The van der Waals surface area contributed by atoms with Crippen molar-refractivity contribution in [2.45, 2.75) is 32.1 Å². The minimum atomic E-state index is 0.161. The standard InChI is InChI=1S/C14H17ClO/c1-10-5-3-4-6-12(10)14(2)7-11(8-14)13(16)9-15/h3-6,11H,7-9H2,1-2H3. The van der Waals surface area contributed by atoms with E-state index < -0.39 is 0 Å². The van der Waals surface area contributed by atoms with Gasteiger partial charge in [0, 0.05) is 5.92 Å². The van der Waals surface area contributed by atoms with E-state index in [4.69, 9.17) is 11.6 Å². The van der Waals surface area contributed by atoms with Crippen molar-refractivity contribution in [1.82, 2.24) is 0 Å². The Balaban J connectivity index is 2.14. The van der Waals surface area contributed by atoms with Crippen molar-refractivity contribution >= 4 is 17.4 Å². The lowest BCUT2D eigenvalue weighted by molar-refractivity contribution is -0.124. The first-order chi connectivity index (χ1) is 7.57. The second-order valence-electron chi connectivity index (χ2n) is 5.08. The molecular formula is C14H17ClO. The molecule has 1 aliphatic carbocycles. The molecule has 0 radical (unpaired) electrons. The fraction of sp³-hybridized carbons (Fsp3) is 0.500. The third kappa shape index (κ3) is 1.89. The number of aryl methyl sites for hydroxylation is 1. The molecule has 0 unspecified atom stereocenters. The molecule has 0 spiro atoms. The molecule has 2 rings (SSSR count). The van der Waals surface area contributed by atoms with Gasteiger partial charge in [-0.1, -0.05) is 31.2 Å². The van der Waals surface area contributed by atoms with Crippen LogP contribution in [0.25, 0.3) is 0 Å². The zero-order chi connectivity index (χ0) is 11.8. The van der Waals surface area contributed by atoms with Gasteiger partial charge in [-0.15, -0.1) is 11.6 Å². The summed E-state index contributed by atoms with van der Waals surface area (Å²) in [7, 11) is 0. The Morgan fingerprint density at radius 1 is 1.44 bits per heavy atom. The fourth-order valence-electron chi connectivity index (χ4n) is 2.83. The van der Waals surface area contributed by atoms with E-state index in [0.717, 1.165) is 12.8 Å². The molecule has 1 fully saturated rings. The smallest absolute Gasteiger partial charge is 0.150 e. The van der Waals surface area contributed by atoms with Crippen LogP contribution in [0, 0.1) is 12.8 Å². The molecule has 86 valence electrons. The van der Waals surface area contributed by atoms with Crippen LogP contribution in [0.4, 0.5) is 0 Å². The third-order valence-corrected chi connectivity index (χ3v) is 4.04. The van der Waals surface area contributed by atoms with Crippen LogP contribution in [0.2, 0.25) is 0 Å². The lowest BCUT2D eigenvalue weighted by atomic mass is 9.58. The topological polar surface area (TPSA) is 17.1 Å². The highest BCUT2D eigenvalue weighted by molar-refractivity contribution is 6.28. The van der Waals surface area contributed by atoms with E-state index in [0.29, 0.717) is 0 Å². The second kappa shape index (κ2) is 4.21. The monoisotopic (exact) mass is 236 g/mol. The summed E-state index contributed by atoms with van der Waals surface area (Å²) in [6.07, 6.45) is 1.90. The molecule has 1 aromatic rings. The number of carbonyl (C=O) groups is 1. The van der Waals surface area contributed by atoms with E-state index in [1.165, 1.54) is 11.1 Å². The van der Waals surface area contributed by atoms with E-state index in [2.05, 4.69) is 38.1 Å². The van der Waals surface area contributed by atoms with Gasteiger partial charge in [-0.05, 0) is 36.3 Å². The van der Waals surface area contributed by atoms with Gasteiger partial charge in [0.05, 0.1) is 5.88 Å².